The number of aryl methyl sites for hydroxylation is 1. The van der Waals surface area contributed by atoms with Gasteiger partial charge in [0.2, 0.25) is 5.91 Å². The minimum atomic E-state index is -0.307. The van der Waals surface area contributed by atoms with Crippen LogP contribution < -0.4 is 5.56 Å². The molecule has 0 N–H and O–H groups in total. The molecular formula is C25H31N3O2. The molecule has 0 saturated heterocycles. The Morgan fingerprint density at radius 3 is 2.33 bits per heavy atom. The molecule has 5 heteroatoms. The summed E-state index contributed by atoms with van der Waals surface area (Å²) in [4.78, 5) is 33.1. The Morgan fingerprint density at radius 1 is 1.10 bits per heavy atom. The van der Waals surface area contributed by atoms with Crippen LogP contribution in [0, 0.1) is 12.3 Å². The van der Waals surface area contributed by atoms with E-state index in [1.807, 2.05) is 63.4 Å². The van der Waals surface area contributed by atoms with Gasteiger partial charge in [0.25, 0.3) is 5.56 Å². The molecule has 1 aromatic heterocycles. The molecule has 1 unspecified atom stereocenters. The van der Waals surface area contributed by atoms with E-state index in [-0.39, 0.29) is 22.9 Å². The molecule has 3 rings (SSSR count). The van der Waals surface area contributed by atoms with Gasteiger partial charge < -0.3 is 4.90 Å². The number of nitrogens with zero attached hydrogens (tertiary/aromatic N) is 3. The van der Waals surface area contributed by atoms with Gasteiger partial charge in [-0.15, -0.1) is 0 Å². The van der Waals surface area contributed by atoms with Gasteiger partial charge in [-0.2, -0.15) is 0 Å². The lowest BCUT2D eigenvalue weighted by atomic mass is 9.91. The molecule has 0 fully saturated rings. The maximum absolute atomic E-state index is 13.5. The number of benzene rings is 2. The predicted octanol–water partition coefficient (Wildman–Crippen LogP) is 5.04. The van der Waals surface area contributed by atoms with Crippen molar-refractivity contribution in [2.75, 3.05) is 7.05 Å². The van der Waals surface area contributed by atoms with Crippen LogP contribution in [0.3, 0.4) is 0 Å². The van der Waals surface area contributed by atoms with E-state index in [1.165, 1.54) is 0 Å². The van der Waals surface area contributed by atoms with Crippen LogP contribution in [0.25, 0.3) is 16.6 Å². The molecular weight excluding hydrogens is 374 g/mol. The Hall–Kier alpha value is -2.95. The third-order valence-corrected chi connectivity index (χ3v) is 5.32. The van der Waals surface area contributed by atoms with Crippen LogP contribution in [-0.2, 0) is 4.79 Å². The van der Waals surface area contributed by atoms with Crippen molar-refractivity contribution < 1.29 is 4.79 Å². The number of amides is 1. The van der Waals surface area contributed by atoms with Gasteiger partial charge in [-0.25, -0.2) is 4.98 Å². The summed E-state index contributed by atoms with van der Waals surface area (Å²) >= 11 is 0. The fourth-order valence-corrected chi connectivity index (χ4v) is 3.70. The SMILES string of the molecule is CCC(c1nc2ccccc2c(=O)n1-c1ccc(C)cc1)N(C)C(=O)CC(C)(C)C. The van der Waals surface area contributed by atoms with Crippen molar-refractivity contribution >= 4 is 16.8 Å². The molecule has 3 aromatic rings. The molecule has 0 aliphatic heterocycles. The van der Waals surface area contributed by atoms with Crippen LogP contribution in [-0.4, -0.2) is 27.4 Å². The van der Waals surface area contributed by atoms with Crippen molar-refractivity contribution in [1.82, 2.24) is 14.5 Å². The smallest absolute Gasteiger partial charge is 0.266 e. The van der Waals surface area contributed by atoms with Gasteiger partial charge in [0.1, 0.15) is 5.82 Å². The van der Waals surface area contributed by atoms with Crippen molar-refractivity contribution in [2.24, 2.45) is 5.41 Å². The van der Waals surface area contributed by atoms with Crippen LogP contribution in [0.15, 0.2) is 53.3 Å². The number of carbonyl (C=O) groups excluding carboxylic acids is 1. The van der Waals surface area contributed by atoms with Crippen LogP contribution in [0.4, 0.5) is 0 Å². The van der Waals surface area contributed by atoms with Gasteiger partial charge in [0.05, 0.1) is 22.6 Å². The maximum atomic E-state index is 13.5. The Bertz CT molecular complexity index is 1110. The first-order chi connectivity index (χ1) is 14.1. The fraction of sp³-hybridized carbons (Fsp3) is 0.400. The number of fused-ring (bicyclic) bond motifs is 1. The zero-order chi connectivity index (χ0) is 22.1. The number of carbonyl (C=O) groups is 1. The summed E-state index contributed by atoms with van der Waals surface area (Å²) in [5.74, 6) is 0.641. The highest BCUT2D eigenvalue weighted by Gasteiger charge is 2.28. The summed E-state index contributed by atoms with van der Waals surface area (Å²) < 4.78 is 1.66. The van der Waals surface area contributed by atoms with Crippen molar-refractivity contribution in [3.63, 3.8) is 0 Å². The van der Waals surface area contributed by atoms with Gasteiger partial charge >= 0.3 is 0 Å². The largest absolute Gasteiger partial charge is 0.336 e. The van der Waals surface area contributed by atoms with E-state index in [4.69, 9.17) is 4.98 Å². The monoisotopic (exact) mass is 405 g/mol. The summed E-state index contributed by atoms with van der Waals surface area (Å²) in [7, 11) is 1.81. The second-order valence-electron chi connectivity index (χ2n) is 9.13. The normalized spacial score (nSPS) is 12.7. The minimum Gasteiger partial charge on any atom is -0.336 e. The van der Waals surface area contributed by atoms with Crippen molar-refractivity contribution in [2.45, 2.75) is 53.5 Å². The average molecular weight is 406 g/mol. The van der Waals surface area contributed by atoms with Gasteiger partial charge in [-0.3, -0.25) is 14.2 Å². The highest BCUT2D eigenvalue weighted by Crippen LogP contribution is 2.28. The average Bonchev–Trinajstić information content (AvgIpc) is 2.68. The van der Waals surface area contributed by atoms with Gasteiger partial charge in [0.15, 0.2) is 0 Å². The van der Waals surface area contributed by atoms with E-state index in [0.717, 1.165) is 11.3 Å². The molecule has 1 heterocycles. The zero-order valence-corrected chi connectivity index (χ0v) is 18.8. The quantitative estimate of drug-likeness (QED) is 0.597. The minimum absolute atomic E-state index is 0.0483. The number of hydrogen-bond donors (Lipinski definition) is 0. The fourth-order valence-electron chi connectivity index (χ4n) is 3.70. The summed E-state index contributed by atoms with van der Waals surface area (Å²) in [6.07, 6.45) is 1.09. The Labute approximate surface area is 178 Å². The van der Waals surface area contributed by atoms with Gasteiger partial charge in [-0.1, -0.05) is 57.5 Å². The van der Waals surface area contributed by atoms with Crippen LogP contribution in [0.2, 0.25) is 0 Å². The van der Waals surface area contributed by atoms with Gasteiger partial charge in [0, 0.05) is 13.5 Å². The maximum Gasteiger partial charge on any atom is 0.266 e. The summed E-state index contributed by atoms with van der Waals surface area (Å²) in [6.45, 7) is 10.2. The molecule has 0 aliphatic carbocycles. The van der Waals surface area contributed by atoms with E-state index < -0.39 is 0 Å². The standard InChI is InChI=1S/C25H31N3O2/c1-7-21(27(6)22(29)16-25(3,4)5)23-26-20-11-9-8-10-19(20)24(30)28(23)18-14-12-17(2)13-15-18/h8-15,21H,7,16H2,1-6H3. The molecule has 0 aliphatic rings. The molecule has 1 atom stereocenters. The lowest BCUT2D eigenvalue weighted by Gasteiger charge is -2.31. The van der Waals surface area contributed by atoms with E-state index in [1.54, 1.807) is 15.5 Å². The first kappa shape index (κ1) is 21.8. The molecule has 158 valence electrons. The first-order valence-corrected chi connectivity index (χ1v) is 10.5. The number of aromatic nitrogens is 2. The number of rotatable bonds is 5. The Kier molecular flexibility index (Phi) is 6.11. The molecule has 2 aromatic carbocycles. The third kappa shape index (κ3) is 4.45. The Morgan fingerprint density at radius 2 is 1.73 bits per heavy atom. The van der Waals surface area contributed by atoms with Crippen LogP contribution >= 0.6 is 0 Å². The van der Waals surface area contributed by atoms with E-state index in [0.29, 0.717) is 29.6 Å². The van der Waals surface area contributed by atoms with E-state index in [9.17, 15) is 9.59 Å². The molecule has 0 radical (unpaired) electrons. The van der Waals surface area contributed by atoms with E-state index >= 15 is 0 Å². The summed E-state index contributed by atoms with van der Waals surface area (Å²) in [5.41, 5.74) is 2.29. The zero-order valence-electron chi connectivity index (χ0n) is 18.8. The summed E-state index contributed by atoms with van der Waals surface area (Å²) in [5, 5.41) is 0.570. The molecule has 0 saturated carbocycles. The van der Waals surface area contributed by atoms with Crippen LogP contribution in [0.5, 0.6) is 0 Å². The van der Waals surface area contributed by atoms with Crippen molar-refractivity contribution in [3.8, 4) is 5.69 Å². The first-order valence-electron chi connectivity index (χ1n) is 10.5. The molecule has 0 bridgehead atoms. The third-order valence-electron chi connectivity index (χ3n) is 5.32. The van der Waals surface area contributed by atoms with Crippen molar-refractivity contribution in [1.29, 1.82) is 0 Å². The van der Waals surface area contributed by atoms with E-state index in [2.05, 4.69) is 20.8 Å². The predicted molar refractivity (Wildman–Crippen MR) is 122 cm³/mol. The lowest BCUT2D eigenvalue weighted by molar-refractivity contribution is -0.134. The number of hydrogen-bond acceptors (Lipinski definition) is 3. The van der Waals surface area contributed by atoms with Crippen LogP contribution in [0.1, 0.15) is 58.0 Å². The molecule has 1 amide bonds. The van der Waals surface area contributed by atoms with Crippen molar-refractivity contribution in [3.05, 3.63) is 70.3 Å². The van der Waals surface area contributed by atoms with Gasteiger partial charge in [-0.05, 0) is 43.0 Å². The number of para-hydroxylation sites is 1. The molecule has 5 nitrogen and oxygen atoms in total. The molecule has 30 heavy (non-hydrogen) atoms. The Balaban J connectivity index is 2.22. The topological polar surface area (TPSA) is 55.2 Å². The molecule has 0 spiro atoms. The summed E-state index contributed by atoms with van der Waals surface area (Å²) in [6, 6.07) is 14.9. The highest BCUT2D eigenvalue weighted by molar-refractivity contribution is 5.79. The second kappa shape index (κ2) is 8.42. The highest BCUT2D eigenvalue weighted by atomic mass is 16.2. The second-order valence-corrected chi connectivity index (χ2v) is 9.13. The lowest BCUT2D eigenvalue weighted by Crippen LogP contribution is -2.37.